The minimum absolute atomic E-state index is 0.0531. The highest BCUT2D eigenvalue weighted by molar-refractivity contribution is 6.08. The van der Waals surface area contributed by atoms with E-state index in [-0.39, 0.29) is 39.3 Å². The van der Waals surface area contributed by atoms with Crippen molar-refractivity contribution in [2.24, 2.45) is 0 Å². The number of nitrogens with zero attached hydrogens (tertiary/aromatic N) is 3. The summed E-state index contributed by atoms with van der Waals surface area (Å²) in [5.41, 5.74) is 1.33. The molecular formula is C47H35F5N4O2. The first kappa shape index (κ1) is 37.0. The average Bonchev–Trinajstić information content (AvgIpc) is 3.87. The van der Waals surface area contributed by atoms with E-state index in [0.29, 0.717) is 38.2 Å². The Kier molecular flexibility index (Phi) is 8.09. The Balaban J connectivity index is 1.57. The lowest BCUT2D eigenvalue weighted by atomic mass is 9.85. The second kappa shape index (κ2) is 12.7. The Morgan fingerprint density at radius 3 is 1.43 bits per heavy atom. The molecule has 1 aliphatic heterocycles. The Morgan fingerprint density at radius 1 is 0.466 bits per heavy atom. The van der Waals surface area contributed by atoms with Gasteiger partial charge in [0.25, 0.3) is 0 Å². The van der Waals surface area contributed by atoms with E-state index >= 15 is 8.78 Å². The van der Waals surface area contributed by atoms with E-state index in [2.05, 4.69) is 4.98 Å². The maximum atomic E-state index is 15.8. The van der Waals surface area contributed by atoms with Crippen LogP contribution in [0.1, 0.15) is 64.1 Å². The lowest BCUT2D eigenvalue weighted by Gasteiger charge is -2.20. The van der Waals surface area contributed by atoms with Gasteiger partial charge in [-0.2, -0.15) is 0 Å². The lowest BCUT2D eigenvalue weighted by Crippen LogP contribution is -2.10. The van der Waals surface area contributed by atoms with Gasteiger partial charge in [0.15, 0.2) is 23.3 Å². The topological polar surface area (TPSA) is 94.9 Å². The summed E-state index contributed by atoms with van der Waals surface area (Å²) < 4.78 is 76.0. The molecule has 5 heterocycles. The summed E-state index contributed by atoms with van der Waals surface area (Å²) in [6, 6.07) is 21.4. The van der Waals surface area contributed by atoms with Crippen LogP contribution < -0.4 is 0 Å². The molecule has 12 bridgehead atoms. The predicted molar refractivity (Wildman–Crippen MR) is 221 cm³/mol. The minimum Gasteiger partial charge on any atom is -0.507 e. The van der Waals surface area contributed by atoms with Crippen LogP contribution in [0.2, 0.25) is 0 Å². The van der Waals surface area contributed by atoms with Gasteiger partial charge in [0, 0.05) is 48.9 Å². The van der Waals surface area contributed by atoms with E-state index in [9.17, 15) is 23.4 Å². The summed E-state index contributed by atoms with van der Waals surface area (Å²) in [4.78, 5) is 17.9. The number of H-pyrrole nitrogens is 1. The number of aromatic amines is 1. The summed E-state index contributed by atoms with van der Waals surface area (Å²) in [7, 11) is 0. The molecule has 3 N–H and O–H groups in total. The lowest BCUT2D eigenvalue weighted by molar-refractivity contribution is 0.381. The van der Waals surface area contributed by atoms with Crippen molar-refractivity contribution in [2.75, 3.05) is 0 Å². The smallest absolute Gasteiger partial charge is 0.200 e. The summed E-state index contributed by atoms with van der Waals surface area (Å²) >= 11 is 0. The maximum Gasteiger partial charge on any atom is 0.200 e. The molecule has 0 fully saturated rings. The molecule has 0 saturated carbocycles. The van der Waals surface area contributed by atoms with Crippen LogP contribution in [0.25, 0.3) is 88.7 Å². The molecule has 4 aromatic heterocycles. The van der Waals surface area contributed by atoms with Gasteiger partial charge in [-0.1, -0.05) is 65.8 Å². The van der Waals surface area contributed by atoms with E-state index in [4.69, 9.17) is 15.0 Å². The third kappa shape index (κ3) is 5.70. The molecule has 290 valence electrons. The van der Waals surface area contributed by atoms with Gasteiger partial charge >= 0.3 is 0 Å². The van der Waals surface area contributed by atoms with E-state index < -0.39 is 51.0 Å². The van der Waals surface area contributed by atoms with Crippen LogP contribution in [0.5, 0.6) is 11.5 Å². The van der Waals surface area contributed by atoms with Crippen molar-refractivity contribution in [3.8, 4) is 22.6 Å². The Hall–Kier alpha value is -6.62. The third-order valence-corrected chi connectivity index (χ3v) is 10.9. The highest BCUT2D eigenvalue weighted by atomic mass is 19.2. The number of hydrogen-bond donors (Lipinski definition) is 3. The number of fused-ring (bicyclic) bond motifs is 14. The van der Waals surface area contributed by atoms with Crippen molar-refractivity contribution in [3.05, 3.63) is 124 Å². The van der Waals surface area contributed by atoms with Crippen LogP contribution in [-0.2, 0) is 10.8 Å². The van der Waals surface area contributed by atoms with E-state index in [0.717, 1.165) is 21.9 Å². The Morgan fingerprint density at radius 2 is 0.897 bits per heavy atom. The number of hydrogen-bond acceptors (Lipinski definition) is 5. The molecule has 58 heavy (non-hydrogen) atoms. The van der Waals surface area contributed by atoms with E-state index in [1.165, 1.54) is 18.2 Å². The molecule has 0 saturated heterocycles. The van der Waals surface area contributed by atoms with Gasteiger partial charge in [0.05, 0.1) is 39.0 Å². The van der Waals surface area contributed by atoms with Gasteiger partial charge in [-0.15, -0.1) is 0 Å². The van der Waals surface area contributed by atoms with Crippen molar-refractivity contribution in [1.29, 1.82) is 0 Å². The SMILES string of the molecule is CC(C)(C)c1cc2c3nc(c(-c4c(F)c(F)c(F)c(F)c4F)c4ccc([nH]4)c4cc(C(C)(C)C)cc(c4O)c4ccc5ccc6ccc(nc6c5n4)c(c1)c2O)C=C3. The highest BCUT2D eigenvalue weighted by Gasteiger charge is 2.30. The van der Waals surface area contributed by atoms with Gasteiger partial charge in [-0.25, -0.2) is 36.9 Å². The average molecular weight is 783 g/mol. The van der Waals surface area contributed by atoms with Crippen molar-refractivity contribution >= 4 is 77.6 Å². The minimum atomic E-state index is -2.30. The van der Waals surface area contributed by atoms with E-state index in [1.54, 1.807) is 30.3 Å². The summed E-state index contributed by atoms with van der Waals surface area (Å²) in [6.45, 7) is 12.0. The number of aromatic nitrogens is 4. The number of benzene rings is 4. The second-order valence-electron chi connectivity index (χ2n) is 16.8. The predicted octanol–water partition coefficient (Wildman–Crippen LogP) is 12.7. The summed E-state index contributed by atoms with van der Waals surface area (Å²) in [6.07, 6.45) is 2.90. The molecule has 0 unspecified atom stereocenters. The molecule has 9 rings (SSSR count). The number of phenolic OH excluding ortho intramolecular Hbond substituents is 2. The van der Waals surface area contributed by atoms with Crippen molar-refractivity contribution in [2.45, 2.75) is 52.4 Å². The molecule has 0 spiro atoms. The zero-order valence-corrected chi connectivity index (χ0v) is 32.2. The van der Waals surface area contributed by atoms with Gasteiger partial charge < -0.3 is 15.2 Å². The highest BCUT2D eigenvalue weighted by Crippen LogP contribution is 2.42. The molecule has 0 aliphatic carbocycles. The fourth-order valence-electron chi connectivity index (χ4n) is 7.57. The fourth-order valence-corrected chi connectivity index (χ4v) is 7.57. The van der Waals surface area contributed by atoms with Crippen LogP contribution >= 0.6 is 0 Å². The molecule has 1 aliphatic rings. The van der Waals surface area contributed by atoms with E-state index in [1.807, 2.05) is 77.9 Å². The third-order valence-electron chi connectivity index (χ3n) is 10.9. The van der Waals surface area contributed by atoms with Crippen LogP contribution in [0.4, 0.5) is 22.0 Å². The first-order valence-corrected chi connectivity index (χ1v) is 18.6. The van der Waals surface area contributed by atoms with Crippen molar-refractivity contribution in [3.63, 3.8) is 0 Å². The van der Waals surface area contributed by atoms with Gasteiger partial charge in [-0.05, 0) is 82.6 Å². The van der Waals surface area contributed by atoms with Crippen molar-refractivity contribution < 1.29 is 32.2 Å². The number of nitrogens with one attached hydrogen (secondary N) is 1. The van der Waals surface area contributed by atoms with Crippen LogP contribution in [0, 0.1) is 29.1 Å². The van der Waals surface area contributed by atoms with Crippen LogP contribution in [-0.4, -0.2) is 30.1 Å². The summed E-state index contributed by atoms with van der Waals surface area (Å²) in [5, 5.41) is 27.0. The normalized spacial score (nSPS) is 12.8. The number of rotatable bonds is 1. The molecule has 8 aromatic rings. The number of phenols is 2. The van der Waals surface area contributed by atoms with Crippen LogP contribution in [0.3, 0.4) is 0 Å². The standard InChI is InChI=1S/C47H35F5N4O2/c1-46(2,3)23-17-25-29-13-15-33(53-29)35(36-37(48)39(50)41(52)40(51)38(36)49)34-16-14-30(54-34)26-18-24(47(4,5)6)20-28(45(26)58)32-12-10-22-8-7-21-9-11-31(27(19-23)44(25)57)55-42(21)43(22)56-32/h7-20,53,57-58H,1-6H3. The summed E-state index contributed by atoms with van der Waals surface area (Å²) in [5.74, 6) is -11.0. The zero-order valence-electron chi connectivity index (χ0n) is 32.2. The first-order chi connectivity index (χ1) is 27.4. The second-order valence-corrected chi connectivity index (χ2v) is 16.8. The number of pyridine rings is 2. The quantitative estimate of drug-likeness (QED) is 0.0667. The number of halogens is 5. The molecule has 0 atom stereocenters. The largest absolute Gasteiger partial charge is 0.507 e. The Labute approximate surface area is 328 Å². The van der Waals surface area contributed by atoms with Gasteiger partial charge in [0.1, 0.15) is 11.5 Å². The molecule has 6 nitrogen and oxygen atoms in total. The first-order valence-electron chi connectivity index (χ1n) is 18.6. The monoisotopic (exact) mass is 782 g/mol. The molecule has 0 amide bonds. The van der Waals surface area contributed by atoms with Crippen molar-refractivity contribution in [1.82, 2.24) is 19.9 Å². The molecule has 0 radical (unpaired) electrons. The Bertz CT molecular complexity index is 3260. The molecular weight excluding hydrogens is 748 g/mol. The van der Waals surface area contributed by atoms with Crippen LogP contribution in [0.15, 0.2) is 72.8 Å². The molecule has 11 heteroatoms. The van der Waals surface area contributed by atoms with Gasteiger partial charge in [0.2, 0.25) is 5.82 Å². The molecule has 4 aromatic carbocycles. The maximum absolute atomic E-state index is 15.8. The fraction of sp³-hybridized carbons (Fsp3) is 0.170. The number of aromatic hydroxyl groups is 2. The zero-order chi connectivity index (χ0) is 41.2. The van der Waals surface area contributed by atoms with Gasteiger partial charge in [-0.3, -0.25) is 0 Å².